The molecule has 1 aromatic heterocycles. The van der Waals surface area contributed by atoms with Crippen LogP contribution in [0.4, 0.5) is 5.82 Å². The van der Waals surface area contributed by atoms with Gasteiger partial charge in [0.1, 0.15) is 0 Å². The van der Waals surface area contributed by atoms with Crippen molar-refractivity contribution < 1.29 is 4.79 Å². The molecule has 4 heteroatoms. The fraction of sp³-hybridized carbons (Fsp3) is 0.444. The zero-order valence-corrected chi connectivity index (χ0v) is 13.1. The van der Waals surface area contributed by atoms with Crippen molar-refractivity contribution in [2.75, 3.05) is 5.32 Å². The summed E-state index contributed by atoms with van der Waals surface area (Å²) in [6, 6.07) is 6.53. The van der Waals surface area contributed by atoms with E-state index in [0.717, 1.165) is 5.82 Å². The number of aryl methyl sites for hydroxylation is 2. The van der Waals surface area contributed by atoms with Crippen molar-refractivity contribution in [3.05, 3.63) is 46.1 Å². The van der Waals surface area contributed by atoms with Gasteiger partial charge in [-0.05, 0) is 43.4 Å². The zero-order valence-electron chi connectivity index (χ0n) is 13.1. The highest BCUT2D eigenvalue weighted by Crippen LogP contribution is 2.45. The molecule has 4 rings (SSSR count). The maximum Gasteiger partial charge on any atom is 0.226 e. The molecule has 1 aromatic carbocycles. The van der Waals surface area contributed by atoms with E-state index in [1.165, 1.54) is 47.2 Å². The summed E-state index contributed by atoms with van der Waals surface area (Å²) < 4.78 is 0. The van der Waals surface area contributed by atoms with Crippen molar-refractivity contribution in [2.24, 2.45) is 0 Å². The molecule has 114 valence electrons. The first-order valence-electron chi connectivity index (χ1n) is 8.08. The average Bonchev–Trinajstić information content (AvgIpc) is 2.83. The van der Waals surface area contributed by atoms with Gasteiger partial charge in [0.05, 0.1) is 0 Å². The van der Waals surface area contributed by atoms with E-state index in [2.05, 4.69) is 47.6 Å². The second kappa shape index (κ2) is 4.97. The molecule has 0 spiro atoms. The second-order valence-corrected chi connectivity index (χ2v) is 6.68. The molecule has 2 aromatic rings. The number of H-pyrrole nitrogens is 1. The van der Waals surface area contributed by atoms with Crippen molar-refractivity contribution in [3.8, 4) is 0 Å². The molecule has 1 aliphatic carbocycles. The van der Waals surface area contributed by atoms with E-state index in [-0.39, 0.29) is 11.8 Å². The van der Waals surface area contributed by atoms with Gasteiger partial charge in [0.2, 0.25) is 5.91 Å². The molecule has 1 aliphatic heterocycles. The summed E-state index contributed by atoms with van der Waals surface area (Å²) in [6.45, 7) is 4.25. The van der Waals surface area contributed by atoms with Gasteiger partial charge in [-0.15, -0.1) is 0 Å². The minimum atomic E-state index is 0.0578. The molecule has 1 saturated carbocycles. The van der Waals surface area contributed by atoms with Crippen LogP contribution in [0.1, 0.15) is 65.5 Å². The molecular weight excluding hydrogens is 274 g/mol. The Morgan fingerprint density at radius 2 is 2.00 bits per heavy atom. The number of benzene rings is 1. The van der Waals surface area contributed by atoms with E-state index in [0.29, 0.717) is 12.3 Å². The van der Waals surface area contributed by atoms with Gasteiger partial charge in [0, 0.05) is 29.5 Å². The Morgan fingerprint density at radius 1 is 1.18 bits per heavy atom. The number of anilines is 1. The van der Waals surface area contributed by atoms with Gasteiger partial charge in [0.25, 0.3) is 0 Å². The van der Waals surface area contributed by atoms with Crippen molar-refractivity contribution in [3.63, 3.8) is 0 Å². The number of rotatable bonds is 2. The lowest BCUT2D eigenvalue weighted by Gasteiger charge is -2.29. The molecule has 2 heterocycles. The molecule has 0 bridgehead atoms. The van der Waals surface area contributed by atoms with Gasteiger partial charge >= 0.3 is 0 Å². The highest BCUT2D eigenvalue weighted by atomic mass is 16.1. The predicted octanol–water partition coefficient (Wildman–Crippen LogP) is 3.77. The Bertz CT molecular complexity index is 743. The number of fused-ring (bicyclic) bond motifs is 1. The monoisotopic (exact) mass is 295 g/mol. The summed E-state index contributed by atoms with van der Waals surface area (Å²) in [6.07, 6.45) is 4.25. The minimum absolute atomic E-state index is 0.0578. The van der Waals surface area contributed by atoms with Gasteiger partial charge < -0.3 is 5.32 Å². The summed E-state index contributed by atoms with van der Waals surface area (Å²) in [5.74, 6) is 1.50. The maximum atomic E-state index is 12.1. The summed E-state index contributed by atoms with van der Waals surface area (Å²) in [7, 11) is 0. The van der Waals surface area contributed by atoms with Crippen molar-refractivity contribution in [1.82, 2.24) is 10.2 Å². The van der Waals surface area contributed by atoms with Crippen LogP contribution in [0, 0.1) is 13.8 Å². The number of carbonyl (C=O) groups excluding carboxylic acids is 1. The molecule has 2 aliphatic rings. The Labute approximate surface area is 130 Å². The Morgan fingerprint density at radius 3 is 2.68 bits per heavy atom. The second-order valence-electron chi connectivity index (χ2n) is 6.68. The molecule has 1 unspecified atom stereocenters. The standard InChI is InChI=1S/C18H21N3O/c1-10-6-7-13(8-11(10)2)14-9-15(22)19-18-16(14)17(20-21-18)12-4-3-5-12/h6-8,12,14H,3-5,9H2,1-2H3,(H2,19,20,21,22). The summed E-state index contributed by atoms with van der Waals surface area (Å²) >= 11 is 0. The van der Waals surface area contributed by atoms with Gasteiger partial charge in [-0.1, -0.05) is 24.6 Å². The molecule has 1 amide bonds. The van der Waals surface area contributed by atoms with Gasteiger partial charge in [-0.2, -0.15) is 5.10 Å². The van der Waals surface area contributed by atoms with Crippen molar-refractivity contribution in [1.29, 1.82) is 0 Å². The molecule has 0 saturated heterocycles. The summed E-state index contributed by atoms with van der Waals surface area (Å²) in [5.41, 5.74) is 6.24. The third-order valence-electron chi connectivity index (χ3n) is 5.28. The minimum Gasteiger partial charge on any atom is -0.309 e. The van der Waals surface area contributed by atoms with Gasteiger partial charge in [-0.3, -0.25) is 9.89 Å². The van der Waals surface area contributed by atoms with Crippen LogP contribution < -0.4 is 5.32 Å². The fourth-order valence-electron chi connectivity index (χ4n) is 3.56. The van der Waals surface area contributed by atoms with E-state index in [9.17, 15) is 4.79 Å². The quantitative estimate of drug-likeness (QED) is 0.886. The van der Waals surface area contributed by atoms with Crippen molar-refractivity contribution in [2.45, 2.75) is 51.4 Å². The van der Waals surface area contributed by atoms with Crippen LogP contribution in [0.15, 0.2) is 18.2 Å². The van der Waals surface area contributed by atoms with E-state index in [1.807, 2.05) is 0 Å². The van der Waals surface area contributed by atoms with Crippen LogP contribution in [-0.2, 0) is 4.79 Å². The first kappa shape index (κ1) is 13.6. The lowest BCUT2D eigenvalue weighted by Crippen LogP contribution is -2.24. The van der Waals surface area contributed by atoms with E-state index >= 15 is 0 Å². The highest BCUT2D eigenvalue weighted by molar-refractivity contribution is 5.94. The van der Waals surface area contributed by atoms with Gasteiger partial charge in [0.15, 0.2) is 5.82 Å². The number of carbonyl (C=O) groups is 1. The predicted molar refractivity (Wildman–Crippen MR) is 86.2 cm³/mol. The average molecular weight is 295 g/mol. The number of hydrogen-bond donors (Lipinski definition) is 2. The third-order valence-corrected chi connectivity index (χ3v) is 5.28. The van der Waals surface area contributed by atoms with Crippen molar-refractivity contribution >= 4 is 11.7 Å². The number of nitrogens with one attached hydrogen (secondary N) is 2. The summed E-state index contributed by atoms with van der Waals surface area (Å²) in [4.78, 5) is 12.1. The van der Waals surface area contributed by atoms with E-state index < -0.39 is 0 Å². The highest BCUT2D eigenvalue weighted by Gasteiger charge is 2.35. The number of hydrogen-bond acceptors (Lipinski definition) is 2. The third kappa shape index (κ3) is 2.05. The topological polar surface area (TPSA) is 57.8 Å². The van der Waals surface area contributed by atoms with Gasteiger partial charge in [-0.25, -0.2) is 0 Å². The lowest BCUT2D eigenvalue weighted by molar-refractivity contribution is -0.116. The largest absolute Gasteiger partial charge is 0.309 e. The molecule has 1 atom stereocenters. The fourth-order valence-corrected chi connectivity index (χ4v) is 3.56. The number of nitrogens with zero attached hydrogens (tertiary/aromatic N) is 1. The van der Waals surface area contributed by atoms with Crippen LogP contribution in [0.5, 0.6) is 0 Å². The maximum absolute atomic E-state index is 12.1. The summed E-state index contributed by atoms with van der Waals surface area (Å²) in [5, 5.41) is 10.5. The van der Waals surface area contributed by atoms with Crippen LogP contribution in [-0.4, -0.2) is 16.1 Å². The number of aromatic nitrogens is 2. The van der Waals surface area contributed by atoms with E-state index in [1.54, 1.807) is 0 Å². The van der Waals surface area contributed by atoms with Crippen LogP contribution in [0.25, 0.3) is 0 Å². The SMILES string of the molecule is Cc1ccc(C2CC(=O)Nc3n[nH]c(C4CCC4)c32)cc1C. The molecule has 22 heavy (non-hydrogen) atoms. The smallest absolute Gasteiger partial charge is 0.226 e. The normalized spacial score (nSPS) is 21.2. The van der Waals surface area contributed by atoms with Crippen LogP contribution in [0.3, 0.4) is 0 Å². The molecular formula is C18H21N3O. The Balaban J connectivity index is 1.81. The van der Waals surface area contributed by atoms with E-state index in [4.69, 9.17) is 0 Å². The Hall–Kier alpha value is -2.10. The number of aromatic amines is 1. The molecule has 2 N–H and O–H groups in total. The van der Waals surface area contributed by atoms with Crippen LogP contribution >= 0.6 is 0 Å². The molecule has 4 nitrogen and oxygen atoms in total. The zero-order chi connectivity index (χ0) is 15.3. The first-order valence-corrected chi connectivity index (χ1v) is 8.08. The van der Waals surface area contributed by atoms with Crippen LogP contribution in [0.2, 0.25) is 0 Å². The molecule has 0 radical (unpaired) electrons. The number of amides is 1. The first-order chi connectivity index (χ1) is 10.6. The molecule has 1 fully saturated rings. The lowest BCUT2D eigenvalue weighted by atomic mass is 9.76. The Kier molecular flexibility index (Phi) is 3.06.